The maximum absolute atomic E-state index is 12.6. The molecule has 0 aliphatic carbocycles. The molecule has 1 fully saturated rings. The molecule has 0 spiro atoms. The Kier molecular flexibility index (Phi) is 5.53. The second-order valence-corrected chi connectivity index (χ2v) is 6.87. The number of carbonyl (C=O) groups is 1. The van der Waals surface area contributed by atoms with Crippen molar-refractivity contribution in [2.45, 2.75) is 6.61 Å². The average molecular weight is 389 g/mol. The molecule has 0 atom stereocenters. The number of nitrogens with zero attached hydrogens (tertiary/aromatic N) is 2. The first-order valence-corrected chi connectivity index (χ1v) is 8.87. The van der Waals surface area contributed by atoms with E-state index in [0.29, 0.717) is 6.61 Å². The van der Waals surface area contributed by atoms with Crippen molar-refractivity contribution in [2.24, 2.45) is 0 Å². The minimum atomic E-state index is 0.103. The Morgan fingerprint density at radius 2 is 1.83 bits per heavy atom. The van der Waals surface area contributed by atoms with Gasteiger partial charge in [0.1, 0.15) is 12.4 Å². The van der Waals surface area contributed by atoms with E-state index in [1.165, 1.54) is 0 Å². The van der Waals surface area contributed by atoms with Crippen LogP contribution >= 0.6 is 15.9 Å². The Labute approximate surface area is 151 Å². The van der Waals surface area contributed by atoms with E-state index in [1.54, 1.807) is 0 Å². The van der Waals surface area contributed by atoms with Crippen LogP contribution in [0.4, 0.5) is 0 Å². The summed E-state index contributed by atoms with van der Waals surface area (Å²) in [5, 5.41) is 0. The molecule has 0 N–H and O–H groups in total. The van der Waals surface area contributed by atoms with Gasteiger partial charge in [-0.25, -0.2) is 0 Å². The maximum Gasteiger partial charge on any atom is 0.253 e. The van der Waals surface area contributed by atoms with Crippen molar-refractivity contribution < 1.29 is 9.53 Å². The molecule has 0 radical (unpaired) electrons. The molecular weight excluding hydrogens is 368 g/mol. The van der Waals surface area contributed by atoms with E-state index in [0.717, 1.165) is 47.5 Å². The van der Waals surface area contributed by atoms with Crippen LogP contribution in [0.15, 0.2) is 53.0 Å². The van der Waals surface area contributed by atoms with E-state index in [9.17, 15) is 4.79 Å². The standard InChI is InChI=1S/C19H21BrN2O2/c1-21-9-11-22(12-10-21)19(23)16-6-4-5-15(13-16)14-24-18-8-3-2-7-17(18)20/h2-8,13H,9-12,14H2,1H3. The van der Waals surface area contributed by atoms with Gasteiger partial charge in [0.2, 0.25) is 0 Å². The van der Waals surface area contributed by atoms with Gasteiger partial charge in [-0.15, -0.1) is 0 Å². The maximum atomic E-state index is 12.6. The summed E-state index contributed by atoms with van der Waals surface area (Å²) in [6, 6.07) is 15.5. The second kappa shape index (κ2) is 7.81. The first-order valence-electron chi connectivity index (χ1n) is 8.07. The third-order valence-electron chi connectivity index (χ3n) is 4.20. The largest absolute Gasteiger partial charge is 0.488 e. The van der Waals surface area contributed by atoms with Crippen LogP contribution in [0.3, 0.4) is 0 Å². The van der Waals surface area contributed by atoms with Crippen LogP contribution in [0.5, 0.6) is 5.75 Å². The molecule has 1 aliphatic rings. The Balaban J connectivity index is 1.65. The Morgan fingerprint density at radius 1 is 1.08 bits per heavy atom. The lowest BCUT2D eigenvalue weighted by Crippen LogP contribution is -2.47. The molecule has 0 unspecified atom stereocenters. The van der Waals surface area contributed by atoms with Gasteiger partial charge >= 0.3 is 0 Å². The fraction of sp³-hybridized carbons (Fsp3) is 0.316. The predicted molar refractivity (Wildman–Crippen MR) is 98.3 cm³/mol. The molecule has 4 nitrogen and oxygen atoms in total. The quantitative estimate of drug-likeness (QED) is 0.804. The molecule has 3 rings (SSSR count). The molecule has 126 valence electrons. The summed E-state index contributed by atoms with van der Waals surface area (Å²) < 4.78 is 6.76. The van der Waals surface area contributed by atoms with Crippen molar-refractivity contribution in [3.05, 3.63) is 64.1 Å². The number of amides is 1. The fourth-order valence-corrected chi connectivity index (χ4v) is 3.11. The minimum Gasteiger partial charge on any atom is -0.488 e. The van der Waals surface area contributed by atoms with Crippen LogP contribution in [0.1, 0.15) is 15.9 Å². The Bertz CT molecular complexity index is 712. The molecule has 2 aromatic carbocycles. The van der Waals surface area contributed by atoms with E-state index in [2.05, 4.69) is 27.9 Å². The number of hydrogen-bond acceptors (Lipinski definition) is 3. The Morgan fingerprint density at radius 3 is 2.58 bits per heavy atom. The van der Waals surface area contributed by atoms with E-state index in [1.807, 2.05) is 53.4 Å². The number of carbonyl (C=O) groups excluding carboxylic acids is 1. The number of ether oxygens (including phenoxy) is 1. The third kappa shape index (κ3) is 4.16. The smallest absolute Gasteiger partial charge is 0.253 e. The molecule has 1 amide bonds. The highest BCUT2D eigenvalue weighted by Gasteiger charge is 2.20. The van der Waals surface area contributed by atoms with Gasteiger partial charge in [-0.05, 0) is 52.8 Å². The monoisotopic (exact) mass is 388 g/mol. The number of hydrogen-bond donors (Lipinski definition) is 0. The van der Waals surface area contributed by atoms with Gasteiger partial charge in [-0.1, -0.05) is 24.3 Å². The van der Waals surface area contributed by atoms with Crippen LogP contribution < -0.4 is 4.74 Å². The molecule has 2 aromatic rings. The van der Waals surface area contributed by atoms with Gasteiger partial charge in [-0.3, -0.25) is 4.79 Å². The van der Waals surface area contributed by atoms with Gasteiger partial charge in [0.25, 0.3) is 5.91 Å². The first kappa shape index (κ1) is 17.0. The molecule has 1 aliphatic heterocycles. The summed E-state index contributed by atoms with van der Waals surface area (Å²) in [6.45, 7) is 3.86. The molecular formula is C19H21BrN2O2. The van der Waals surface area contributed by atoms with Gasteiger partial charge in [-0.2, -0.15) is 0 Å². The predicted octanol–water partition coefficient (Wildman–Crippen LogP) is 3.42. The van der Waals surface area contributed by atoms with Crippen molar-refractivity contribution >= 4 is 21.8 Å². The van der Waals surface area contributed by atoms with E-state index >= 15 is 0 Å². The summed E-state index contributed by atoms with van der Waals surface area (Å²) >= 11 is 3.47. The van der Waals surface area contributed by atoms with Crippen LogP contribution in [0.2, 0.25) is 0 Å². The Hall–Kier alpha value is -1.85. The lowest BCUT2D eigenvalue weighted by Gasteiger charge is -2.32. The number of rotatable bonds is 4. The number of benzene rings is 2. The molecule has 0 bridgehead atoms. The zero-order chi connectivity index (χ0) is 16.9. The van der Waals surface area contributed by atoms with Gasteiger partial charge in [0.15, 0.2) is 0 Å². The van der Waals surface area contributed by atoms with Gasteiger partial charge in [0.05, 0.1) is 4.47 Å². The van der Waals surface area contributed by atoms with Crippen molar-refractivity contribution in [1.82, 2.24) is 9.80 Å². The molecule has 0 aromatic heterocycles. The number of halogens is 1. The average Bonchev–Trinajstić information content (AvgIpc) is 2.61. The molecule has 0 saturated carbocycles. The first-order chi connectivity index (χ1) is 11.6. The summed E-state index contributed by atoms with van der Waals surface area (Å²) in [4.78, 5) is 16.8. The molecule has 24 heavy (non-hydrogen) atoms. The SMILES string of the molecule is CN1CCN(C(=O)c2cccc(COc3ccccc3Br)c2)CC1. The van der Waals surface area contributed by atoms with Gasteiger partial charge in [0, 0.05) is 31.7 Å². The van der Waals surface area contributed by atoms with E-state index < -0.39 is 0 Å². The molecule has 5 heteroatoms. The third-order valence-corrected chi connectivity index (χ3v) is 4.85. The van der Waals surface area contributed by atoms with Crippen molar-refractivity contribution in [2.75, 3.05) is 33.2 Å². The normalized spacial score (nSPS) is 15.3. The van der Waals surface area contributed by atoms with E-state index in [-0.39, 0.29) is 5.91 Å². The number of piperazine rings is 1. The highest BCUT2D eigenvalue weighted by molar-refractivity contribution is 9.10. The molecule has 1 saturated heterocycles. The zero-order valence-electron chi connectivity index (χ0n) is 13.7. The van der Waals surface area contributed by atoms with Gasteiger partial charge < -0.3 is 14.5 Å². The molecule has 1 heterocycles. The minimum absolute atomic E-state index is 0.103. The summed E-state index contributed by atoms with van der Waals surface area (Å²) in [7, 11) is 2.08. The topological polar surface area (TPSA) is 32.8 Å². The summed E-state index contributed by atoms with van der Waals surface area (Å²) in [6.07, 6.45) is 0. The number of para-hydroxylation sites is 1. The highest BCUT2D eigenvalue weighted by atomic mass is 79.9. The lowest BCUT2D eigenvalue weighted by molar-refractivity contribution is 0.0664. The van der Waals surface area contributed by atoms with E-state index in [4.69, 9.17) is 4.74 Å². The van der Waals surface area contributed by atoms with Crippen LogP contribution in [-0.2, 0) is 6.61 Å². The number of likely N-dealkylation sites (N-methyl/N-ethyl adjacent to an activating group) is 1. The van der Waals surface area contributed by atoms with Crippen LogP contribution in [-0.4, -0.2) is 48.9 Å². The second-order valence-electron chi connectivity index (χ2n) is 6.01. The van der Waals surface area contributed by atoms with Crippen molar-refractivity contribution in [3.8, 4) is 5.75 Å². The fourth-order valence-electron chi connectivity index (χ4n) is 2.71. The summed E-state index contributed by atoms with van der Waals surface area (Å²) in [5.41, 5.74) is 1.72. The van der Waals surface area contributed by atoms with Crippen LogP contribution in [0, 0.1) is 0 Å². The lowest BCUT2D eigenvalue weighted by atomic mass is 10.1. The van der Waals surface area contributed by atoms with Crippen LogP contribution in [0.25, 0.3) is 0 Å². The summed E-state index contributed by atoms with van der Waals surface area (Å²) in [5.74, 6) is 0.902. The highest BCUT2D eigenvalue weighted by Crippen LogP contribution is 2.24. The van der Waals surface area contributed by atoms with Crippen molar-refractivity contribution in [3.63, 3.8) is 0 Å². The zero-order valence-corrected chi connectivity index (χ0v) is 15.3. The van der Waals surface area contributed by atoms with Crippen molar-refractivity contribution in [1.29, 1.82) is 0 Å².